The maximum Gasteiger partial charge on any atom is 0.240 e. The van der Waals surface area contributed by atoms with Crippen LogP contribution < -0.4 is 9.62 Å². The van der Waals surface area contributed by atoms with Crippen LogP contribution in [-0.4, -0.2) is 45.9 Å². The molecule has 0 radical (unpaired) electrons. The molecule has 2 aromatic rings. The molecule has 2 aromatic carbocycles. The first-order valence-corrected chi connectivity index (χ1v) is 11.9. The van der Waals surface area contributed by atoms with Gasteiger partial charge in [-0.3, -0.25) is 4.79 Å². The molecule has 162 valence electrons. The van der Waals surface area contributed by atoms with Crippen LogP contribution in [0.1, 0.15) is 36.0 Å². The van der Waals surface area contributed by atoms with Crippen LogP contribution in [-0.2, 0) is 21.4 Å². The molecular formula is C23H31N3O3S. The summed E-state index contributed by atoms with van der Waals surface area (Å²) in [6, 6.07) is 13.4. The van der Waals surface area contributed by atoms with Crippen molar-refractivity contribution in [3.05, 3.63) is 59.2 Å². The Balaban J connectivity index is 1.56. The summed E-state index contributed by atoms with van der Waals surface area (Å²) in [5.41, 5.74) is 4.01. The highest BCUT2D eigenvalue weighted by molar-refractivity contribution is 7.89. The number of carbonyl (C=O) groups excluding carboxylic acids is 1. The van der Waals surface area contributed by atoms with Crippen molar-refractivity contribution in [1.82, 2.24) is 9.62 Å². The maximum atomic E-state index is 12.6. The summed E-state index contributed by atoms with van der Waals surface area (Å²) in [6.07, 6.45) is 2.51. The van der Waals surface area contributed by atoms with Crippen LogP contribution in [0.2, 0.25) is 0 Å². The Morgan fingerprint density at radius 2 is 1.80 bits per heavy atom. The molecule has 30 heavy (non-hydrogen) atoms. The standard InChI is InChI=1S/C23H31N3O3S/c1-18-10-11-22(19(2)16-18)30(28,29)24-13-12-23(27)25(3)17-20-8-4-5-9-21(20)26-14-6-7-15-26/h4-5,8-11,16,24H,6-7,12-15,17H2,1-3H3. The number of anilines is 1. The predicted molar refractivity (Wildman–Crippen MR) is 120 cm³/mol. The van der Waals surface area contributed by atoms with Gasteiger partial charge in [0.15, 0.2) is 0 Å². The number of nitrogens with one attached hydrogen (secondary N) is 1. The third kappa shape index (κ3) is 5.40. The lowest BCUT2D eigenvalue weighted by molar-refractivity contribution is -0.130. The first kappa shape index (κ1) is 22.3. The van der Waals surface area contributed by atoms with Crippen LogP contribution in [0, 0.1) is 13.8 Å². The van der Waals surface area contributed by atoms with E-state index < -0.39 is 10.0 Å². The number of carbonyl (C=O) groups is 1. The molecular weight excluding hydrogens is 398 g/mol. The van der Waals surface area contributed by atoms with Gasteiger partial charge < -0.3 is 9.80 Å². The number of rotatable bonds is 8. The highest BCUT2D eigenvalue weighted by atomic mass is 32.2. The van der Waals surface area contributed by atoms with Gasteiger partial charge in [0.1, 0.15) is 0 Å². The Bertz CT molecular complexity index is 999. The average Bonchev–Trinajstić information content (AvgIpc) is 3.22. The number of amides is 1. The molecule has 6 nitrogen and oxygen atoms in total. The SMILES string of the molecule is Cc1ccc(S(=O)(=O)NCCC(=O)N(C)Cc2ccccc2N2CCCC2)c(C)c1. The molecule has 0 atom stereocenters. The number of aryl methyl sites for hydroxylation is 2. The number of hydrogen-bond acceptors (Lipinski definition) is 4. The van der Waals surface area contributed by atoms with Gasteiger partial charge in [-0.2, -0.15) is 0 Å². The van der Waals surface area contributed by atoms with Crippen LogP contribution in [0.15, 0.2) is 47.4 Å². The molecule has 0 spiro atoms. The van der Waals surface area contributed by atoms with E-state index in [-0.39, 0.29) is 23.8 Å². The van der Waals surface area contributed by atoms with Gasteiger partial charge in [-0.05, 0) is 49.9 Å². The Kier molecular flexibility index (Phi) is 7.15. The van der Waals surface area contributed by atoms with E-state index in [9.17, 15) is 13.2 Å². The number of para-hydroxylation sites is 1. The van der Waals surface area contributed by atoms with E-state index in [1.807, 2.05) is 25.1 Å². The molecule has 1 aliphatic rings. The summed E-state index contributed by atoms with van der Waals surface area (Å²) in [4.78, 5) is 16.9. The summed E-state index contributed by atoms with van der Waals surface area (Å²) in [6.45, 7) is 6.39. The predicted octanol–water partition coefficient (Wildman–Crippen LogP) is 3.23. The summed E-state index contributed by atoms with van der Waals surface area (Å²) >= 11 is 0. The molecule has 1 N–H and O–H groups in total. The fraction of sp³-hybridized carbons (Fsp3) is 0.435. The fourth-order valence-corrected chi connectivity index (χ4v) is 5.17. The topological polar surface area (TPSA) is 69.7 Å². The average molecular weight is 430 g/mol. The number of benzene rings is 2. The van der Waals surface area contributed by atoms with Crippen molar-refractivity contribution in [3.8, 4) is 0 Å². The largest absolute Gasteiger partial charge is 0.371 e. The van der Waals surface area contributed by atoms with Crippen molar-refractivity contribution >= 4 is 21.6 Å². The summed E-state index contributed by atoms with van der Waals surface area (Å²) in [5.74, 6) is -0.0884. The molecule has 7 heteroatoms. The lowest BCUT2D eigenvalue weighted by atomic mass is 10.1. The van der Waals surface area contributed by atoms with E-state index in [4.69, 9.17) is 0 Å². The quantitative estimate of drug-likeness (QED) is 0.699. The van der Waals surface area contributed by atoms with E-state index in [1.54, 1.807) is 31.0 Å². The zero-order valence-corrected chi connectivity index (χ0v) is 18.8. The molecule has 1 amide bonds. The fourth-order valence-electron chi connectivity index (χ4n) is 3.92. The van der Waals surface area contributed by atoms with Crippen molar-refractivity contribution < 1.29 is 13.2 Å². The monoisotopic (exact) mass is 429 g/mol. The number of sulfonamides is 1. The van der Waals surface area contributed by atoms with Gasteiger partial charge in [0.25, 0.3) is 0 Å². The highest BCUT2D eigenvalue weighted by Crippen LogP contribution is 2.25. The first-order chi connectivity index (χ1) is 14.3. The van der Waals surface area contributed by atoms with Crippen molar-refractivity contribution in [2.45, 2.75) is 44.6 Å². The Morgan fingerprint density at radius 1 is 1.10 bits per heavy atom. The van der Waals surface area contributed by atoms with E-state index in [0.717, 1.165) is 24.2 Å². The van der Waals surface area contributed by atoms with Gasteiger partial charge in [-0.25, -0.2) is 13.1 Å². The number of nitrogens with zero attached hydrogens (tertiary/aromatic N) is 2. The highest BCUT2D eigenvalue weighted by Gasteiger charge is 2.19. The summed E-state index contributed by atoms with van der Waals surface area (Å²) < 4.78 is 27.7. The lowest BCUT2D eigenvalue weighted by Gasteiger charge is -2.24. The van der Waals surface area contributed by atoms with E-state index >= 15 is 0 Å². The minimum atomic E-state index is -3.63. The second kappa shape index (κ2) is 9.62. The zero-order valence-electron chi connectivity index (χ0n) is 18.0. The Labute approximate surface area is 179 Å². The van der Waals surface area contributed by atoms with Crippen molar-refractivity contribution in [3.63, 3.8) is 0 Å². The summed E-state index contributed by atoms with van der Waals surface area (Å²) in [5, 5.41) is 0. The van der Waals surface area contributed by atoms with Gasteiger partial charge in [-0.15, -0.1) is 0 Å². The van der Waals surface area contributed by atoms with Crippen LogP contribution in [0.4, 0.5) is 5.69 Å². The Hall–Kier alpha value is -2.38. The maximum absolute atomic E-state index is 12.6. The second-order valence-electron chi connectivity index (χ2n) is 7.99. The van der Waals surface area contributed by atoms with E-state index in [0.29, 0.717) is 12.1 Å². The van der Waals surface area contributed by atoms with Gasteiger partial charge >= 0.3 is 0 Å². The molecule has 0 bridgehead atoms. The van der Waals surface area contributed by atoms with Gasteiger partial charge in [-0.1, -0.05) is 35.9 Å². The molecule has 1 saturated heterocycles. The lowest BCUT2D eigenvalue weighted by Crippen LogP contribution is -2.32. The first-order valence-electron chi connectivity index (χ1n) is 10.4. The van der Waals surface area contributed by atoms with Gasteiger partial charge in [0.2, 0.25) is 15.9 Å². The zero-order chi connectivity index (χ0) is 21.7. The van der Waals surface area contributed by atoms with Crippen LogP contribution in [0.3, 0.4) is 0 Å². The van der Waals surface area contributed by atoms with Crippen LogP contribution >= 0.6 is 0 Å². The molecule has 1 fully saturated rings. The van der Waals surface area contributed by atoms with E-state index in [1.165, 1.54) is 18.5 Å². The molecule has 1 aliphatic heterocycles. The van der Waals surface area contributed by atoms with Gasteiger partial charge in [0.05, 0.1) is 4.90 Å². The third-order valence-corrected chi connectivity index (χ3v) is 7.14. The van der Waals surface area contributed by atoms with Crippen molar-refractivity contribution in [2.24, 2.45) is 0 Å². The second-order valence-corrected chi connectivity index (χ2v) is 9.72. The normalized spacial score (nSPS) is 14.2. The minimum absolute atomic E-state index is 0.0760. The number of hydrogen-bond donors (Lipinski definition) is 1. The summed E-state index contributed by atoms with van der Waals surface area (Å²) in [7, 11) is -1.87. The molecule has 0 saturated carbocycles. The van der Waals surface area contributed by atoms with Gasteiger partial charge in [0, 0.05) is 45.3 Å². The third-order valence-electron chi connectivity index (χ3n) is 5.52. The van der Waals surface area contributed by atoms with Crippen molar-refractivity contribution in [2.75, 3.05) is 31.6 Å². The molecule has 1 heterocycles. The van der Waals surface area contributed by atoms with Crippen LogP contribution in [0.25, 0.3) is 0 Å². The molecule has 0 aromatic heterocycles. The minimum Gasteiger partial charge on any atom is -0.371 e. The molecule has 0 aliphatic carbocycles. The molecule has 0 unspecified atom stereocenters. The van der Waals surface area contributed by atoms with Crippen LogP contribution in [0.5, 0.6) is 0 Å². The Morgan fingerprint density at radius 3 is 2.50 bits per heavy atom. The van der Waals surface area contributed by atoms with Crippen molar-refractivity contribution in [1.29, 1.82) is 0 Å². The smallest absolute Gasteiger partial charge is 0.240 e. The van der Waals surface area contributed by atoms with E-state index in [2.05, 4.69) is 21.8 Å². The molecule has 3 rings (SSSR count).